The van der Waals surface area contributed by atoms with E-state index in [4.69, 9.17) is 16.3 Å². The zero-order chi connectivity index (χ0) is 26.3. The van der Waals surface area contributed by atoms with Gasteiger partial charge in [-0.2, -0.15) is 0 Å². The van der Waals surface area contributed by atoms with Gasteiger partial charge in [-0.05, 0) is 50.3 Å². The minimum Gasteiger partial charge on any atom is -0.441 e. The Morgan fingerprint density at radius 1 is 1.19 bits per heavy atom. The number of alkyl halides is 2. The van der Waals surface area contributed by atoms with Gasteiger partial charge < -0.3 is 10.1 Å². The summed E-state index contributed by atoms with van der Waals surface area (Å²) in [5.74, 6) is -0.431. The summed E-state index contributed by atoms with van der Waals surface area (Å²) >= 11 is 6.07. The van der Waals surface area contributed by atoms with Gasteiger partial charge in [0, 0.05) is 30.1 Å². The number of pyridine rings is 2. The molecular formula is C24H24ClF2N7O3. The third-order valence-electron chi connectivity index (χ3n) is 7.16. The van der Waals surface area contributed by atoms with Crippen molar-refractivity contribution in [3.63, 3.8) is 0 Å². The summed E-state index contributed by atoms with van der Waals surface area (Å²) in [7, 11) is 1.60. The van der Waals surface area contributed by atoms with Crippen molar-refractivity contribution in [2.75, 3.05) is 10.6 Å². The van der Waals surface area contributed by atoms with Crippen LogP contribution in [-0.2, 0) is 16.6 Å². The smallest absolute Gasteiger partial charge is 0.413 e. The molecule has 0 spiro atoms. The molecule has 3 aliphatic carbocycles. The van der Waals surface area contributed by atoms with Gasteiger partial charge in [-0.15, -0.1) is 5.10 Å². The van der Waals surface area contributed by atoms with Crippen LogP contribution in [0.5, 0.6) is 0 Å². The number of halogens is 3. The molecule has 0 saturated heterocycles. The van der Waals surface area contributed by atoms with E-state index in [1.807, 2.05) is 0 Å². The number of anilines is 2. The number of rotatable bonds is 7. The molecule has 3 fully saturated rings. The van der Waals surface area contributed by atoms with E-state index in [-0.39, 0.29) is 29.2 Å². The molecule has 194 valence electrons. The second kappa shape index (κ2) is 9.66. The Morgan fingerprint density at radius 2 is 1.97 bits per heavy atom. The van der Waals surface area contributed by atoms with Crippen molar-refractivity contribution >= 4 is 35.1 Å². The number of nitrogens with zero attached hydrogens (tertiary/aromatic N) is 5. The van der Waals surface area contributed by atoms with E-state index >= 15 is 0 Å². The van der Waals surface area contributed by atoms with E-state index < -0.39 is 30.0 Å². The van der Waals surface area contributed by atoms with Crippen molar-refractivity contribution in [1.82, 2.24) is 25.0 Å². The molecule has 2 bridgehead atoms. The molecule has 3 saturated carbocycles. The predicted octanol–water partition coefficient (Wildman–Crippen LogP) is 4.86. The van der Waals surface area contributed by atoms with Gasteiger partial charge in [-0.1, -0.05) is 22.9 Å². The lowest BCUT2D eigenvalue weighted by Gasteiger charge is -2.37. The molecule has 2 amide bonds. The minimum absolute atomic E-state index is 0.00566. The molecule has 3 aliphatic rings. The maximum absolute atomic E-state index is 13.3. The molecule has 2 N–H and O–H groups in total. The van der Waals surface area contributed by atoms with Crippen LogP contribution in [0.25, 0.3) is 11.4 Å². The van der Waals surface area contributed by atoms with Gasteiger partial charge in [-0.3, -0.25) is 15.1 Å². The van der Waals surface area contributed by atoms with Gasteiger partial charge in [0.1, 0.15) is 11.3 Å². The lowest BCUT2D eigenvalue weighted by Crippen LogP contribution is -2.35. The van der Waals surface area contributed by atoms with E-state index in [0.717, 1.165) is 0 Å². The first-order valence-electron chi connectivity index (χ1n) is 11.7. The number of carbonyl (C=O) groups is 2. The molecule has 13 heteroatoms. The molecule has 10 nitrogen and oxygen atoms in total. The normalized spacial score (nSPS) is 22.9. The third kappa shape index (κ3) is 4.73. The molecule has 3 heterocycles. The largest absolute Gasteiger partial charge is 0.441 e. The van der Waals surface area contributed by atoms with Crippen LogP contribution in [0.2, 0.25) is 5.15 Å². The van der Waals surface area contributed by atoms with Gasteiger partial charge in [-0.25, -0.2) is 23.2 Å². The average Bonchev–Trinajstić information content (AvgIpc) is 3.52. The first-order valence-corrected chi connectivity index (χ1v) is 12.1. The summed E-state index contributed by atoms with van der Waals surface area (Å²) in [6.45, 7) is 1.67. The highest BCUT2D eigenvalue weighted by atomic mass is 35.5. The van der Waals surface area contributed by atoms with Gasteiger partial charge >= 0.3 is 6.09 Å². The maximum Gasteiger partial charge on any atom is 0.413 e. The highest BCUT2D eigenvalue weighted by Crippen LogP contribution is 2.64. The van der Waals surface area contributed by atoms with Crippen LogP contribution in [0.15, 0.2) is 36.7 Å². The van der Waals surface area contributed by atoms with Crippen molar-refractivity contribution < 1.29 is 23.1 Å². The number of nitrogens with one attached hydrogen (secondary N) is 2. The van der Waals surface area contributed by atoms with E-state index in [1.54, 1.807) is 38.2 Å². The van der Waals surface area contributed by atoms with Crippen molar-refractivity contribution in [2.24, 2.45) is 24.3 Å². The highest BCUT2D eigenvalue weighted by Gasteiger charge is 2.62. The Hall–Kier alpha value is -3.67. The van der Waals surface area contributed by atoms with Crippen LogP contribution >= 0.6 is 11.6 Å². The first kappa shape index (κ1) is 25.0. The van der Waals surface area contributed by atoms with Crippen LogP contribution in [0, 0.1) is 17.3 Å². The van der Waals surface area contributed by atoms with Crippen LogP contribution < -0.4 is 10.6 Å². The van der Waals surface area contributed by atoms with Crippen LogP contribution in [-0.4, -0.2) is 43.4 Å². The molecule has 1 unspecified atom stereocenters. The molecule has 0 aromatic carbocycles. The Bertz CT molecular complexity index is 1330. The van der Waals surface area contributed by atoms with Crippen molar-refractivity contribution in [3.8, 4) is 11.4 Å². The van der Waals surface area contributed by atoms with Gasteiger partial charge in [0.2, 0.25) is 12.3 Å². The monoisotopic (exact) mass is 531 g/mol. The lowest BCUT2D eigenvalue weighted by molar-refractivity contribution is -0.120. The van der Waals surface area contributed by atoms with Crippen molar-refractivity contribution in [2.45, 2.75) is 38.7 Å². The van der Waals surface area contributed by atoms with E-state index in [9.17, 15) is 18.4 Å². The molecule has 0 radical (unpaired) electrons. The minimum atomic E-state index is -2.40. The topological polar surface area (TPSA) is 124 Å². The maximum atomic E-state index is 13.3. The zero-order valence-corrected chi connectivity index (χ0v) is 20.7. The average molecular weight is 532 g/mol. The molecule has 3 aromatic rings. The van der Waals surface area contributed by atoms with Crippen LogP contribution in [0.1, 0.15) is 37.9 Å². The SMILES string of the molecule is C[C@@H](OC(=O)Nc1c(-c2ccc(NC(=O)C3CC4(C(F)F)CC3C4)cn2)nnn1C)c1cccnc1Cl. The number of carbonyl (C=O) groups excluding carboxylic acids is 2. The number of aromatic nitrogens is 5. The fourth-order valence-corrected chi connectivity index (χ4v) is 5.45. The molecular weight excluding hydrogens is 508 g/mol. The summed E-state index contributed by atoms with van der Waals surface area (Å²) in [6.07, 6.45) is 0.188. The molecule has 37 heavy (non-hydrogen) atoms. The van der Waals surface area contributed by atoms with E-state index in [0.29, 0.717) is 35.5 Å². The number of aryl methyl sites for hydroxylation is 1. The third-order valence-corrected chi connectivity index (χ3v) is 7.48. The van der Waals surface area contributed by atoms with Gasteiger partial charge in [0.25, 0.3) is 0 Å². The molecule has 2 atom stereocenters. The van der Waals surface area contributed by atoms with Crippen LogP contribution in [0.3, 0.4) is 0 Å². The first-order chi connectivity index (χ1) is 17.7. The summed E-state index contributed by atoms with van der Waals surface area (Å²) in [5.41, 5.74) is 0.683. The fourth-order valence-electron chi connectivity index (χ4n) is 5.18. The second-order valence-corrected chi connectivity index (χ2v) is 9.89. The number of hydrogen-bond acceptors (Lipinski definition) is 7. The Balaban J connectivity index is 1.23. The summed E-state index contributed by atoms with van der Waals surface area (Å²) < 4.78 is 33.4. The Kier molecular flexibility index (Phi) is 6.52. The molecule has 6 rings (SSSR count). The number of amides is 2. The van der Waals surface area contributed by atoms with E-state index in [1.165, 1.54) is 17.1 Å². The predicted molar refractivity (Wildman–Crippen MR) is 130 cm³/mol. The number of fused-ring (bicyclic) bond motifs is 1. The van der Waals surface area contributed by atoms with Crippen molar-refractivity contribution in [3.05, 3.63) is 47.4 Å². The Labute approximate surface area is 215 Å². The fraction of sp³-hybridized carbons (Fsp3) is 0.417. The van der Waals surface area contributed by atoms with Crippen molar-refractivity contribution in [1.29, 1.82) is 0 Å². The standard InChI is InChI=1S/C24H24ClF2N7O3/c1-12(15-4-3-7-28-19(15)25)37-23(36)31-20-18(32-33-34(20)2)17-6-5-14(11-29-17)30-21(35)16-10-24(22(26)27)8-13(16)9-24/h3-7,11-13,16,22H,8-10H2,1-2H3,(H,30,35)(H,31,36)/t12-,13?,16?,24?/m1/s1. The zero-order valence-electron chi connectivity index (χ0n) is 20.0. The number of hydrogen-bond donors (Lipinski definition) is 2. The lowest BCUT2D eigenvalue weighted by atomic mass is 9.69. The van der Waals surface area contributed by atoms with Gasteiger partial charge in [0.15, 0.2) is 11.5 Å². The summed E-state index contributed by atoms with van der Waals surface area (Å²) in [6, 6.07) is 6.65. The van der Waals surface area contributed by atoms with Gasteiger partial charge in [0.05, 0.1) is 17.6 Å². The van der Waals surface area contributed by atoms with E-state index in [2.05, 4.69) is 30.9 Å². The highest BCUT2D eigenvalue weighted by molar-refractivity contribution is 6.30. The second-order valence-electron chi connectivity index (χ2n) is 9.53. The Morgan fingerprint density at radius 3 is 2.62 bits per heavy atom. The quantitative estimate of drug-likeness (QED) is 0.417. The summed E-state index contributed by atoms with van der Waals surface area (Å²) in [5, 5.41) is 13.7. The molecule has 3 aromatic heterocycles. The summed E-state index contributed by atoms with van der Waals surface area (Å²) in [4.78, 5) is 33.5. The number of ether oxygens (including phenoxy) is 1. The molecule has 0 aliphatic heterocycles. The van der Waals surface area contributed by atoms with Crippen LogP contribution in [0.4, 0.5) is 25.1 Å².